The topological polar surface area (TPSA) is 96.0 Å². The molecule has 1 aliphatic heterocycles. The third-order valence-electron chi connectivity index (χ3n) is 2.71. The van der Waals surface area contributed by atoms with Gasteiger partial charge in [-0.25, -0.2) is 0 Å². The highest BCUT2D eigenvalue weighted by atomic mass is 32.2. The quantitative estimate of drug-likeness (QED) is 0.391. The van der Waals surface area contributed by atoms with E-state index in [1.807, 2.05) is 0 Å². The van der Waals surface area contributed by atoms with Crippen LogP contribution in [0.4, 0.5) is 0 Å². The van der Waals surface area contributed by atoms with Crippen LogP contribution in [0, 0.1) is 5.92 Å². The Bertz CT molecular complexity index is 406. The average molecular weight is 290 g/mol. The summed E-state index contributed by atoms with van der Waals surface area (Å²) in [6.07, 6.45) is -0.193. The molecule has 0 N–H and O–H groups in total. The number of thioether (sulfide) groups is 1. The highest BCUT2D eigenvalue weighted by Crippen LogP contribution is 2.38. The standard InChI is InChI=1S/C11H14O7S/c1-16-6(12)4-5-8(13)7(10(14)17-2)9(19-5)11(15)18-3/h5,7,9H,4H2,1-3H3. The number of ether oxygens (including phenoxy) is 3. The van der Waals surface area contributed by atoms with Gasteiger partial charge in [-0.2, -0.15) is 0 Å². The van der Waals surface area contributed by atoms with E-state index in [1.54, 1.807) is 0 Å². The van der Waals surface area contributed by atoms with Crippen LogP contribution in [0.5, 0.6) is 0 Å². The van der Waals surface area contributed by atoms with Crippen LogP contribution in [0.2, 0.25) is 0 Å². The molecule has 0 aromatic carbocycles. The number of carbonyl (C=O) groups is 4. The molecule has 8 heteroatoms. The minimum atomic E-state index is -1.24. The van der Waals surface area contributed by atoms with E-state index < -0.39 is 40.1 Å². The zero-order valence-corrected chi connectivity index (χ0v) is 11.5. The number of rotatable bonds is 4. The van der Waals surface area contributed by atoms with E-state index in [0.29, 0.717) is 0 Å². The second kappa shape index (κ2) is 6.55. The van der Waals surface area contributed by atoms with Gasteiger partial charge in [0.1, 0.15) is 11.2 Å². The molecule has 0 aromatic rings. The van der Waals surface area contributed by atoms with Gasteiger partial charge in [0.25, 0.3) is 0 Å². The summed E-state index contributed by atoms with van der Waals surface area (Å²) in [6.45, 7) is 0. The summed E-state index contributed by atoms with van der Waals surface area (Å²) in [5.41, 5.74) is 0. The Morgan fingerprint density at radius 2 is 1.63 bits per heavy atom. The minimum absolute atomic E-state index is 0.193. The van der Waals surface area contributed by atoms with E-state index in [9.17, 15) is 19.2 Å². The molecule has 1 rings (SSSR count). The van der Waals surface area contributed by atoms with Gasteiger partial charge in [0.05, 0.1) is 33.0 Å². The molecule has 0 bridgehead atoms. The average Bonchev–Trinajstić information content (AvgIpc) is 2.74. The molecule has 0 aliphatic carbocycles. The maximum Gasteiger partial charge on any atom is 0.320 e. The molecule has 1 aliphatic rings. The predicted octanol–water partition coefficient (Wildman–Crippen LogP) is -0.435. The van der Waals surface area contributed by atoms with Gasteiger partial charge < -0.3 is 14.2 Å². The summed E-state index contributed by atoms with van der Waals surface area (Å²) < 4.78 is 13.5. The van der Waals surface area contributed by atoms with Crippen molar-refractivity contribution in [2.24, 2.45) is 5.92 Å². The molecule has 0 aromatic heterocycles. The van der Waals surface area contributed by atoms with Crippen molar-refractivity contribution in [3.63, 3.8) is 0 Å². The zero-order valence-electron chi connectivity index (χ0n) is 10.7. The van der Waals surface area contributed by atoms with Crippen molar-refractivity contribution >= 4 is 35.5 Å². The largest absolute Gasteiger partial charge is 0.469 e. The number of Topliss-reactive ketones (excluding diaryl/α,β-unsaturated/α-hetero) is 1. The Labute approximate surface area is 113 Å². The summed E-state index contributed by atoms with van der Waals surface area (Å²) in [4.78, 5) is 46.4. The first-order chi connectivity index (χ1) is 8.96. The van der Waals surface area contributed by atoms with Gasteiger partial charge in [0, 0.05) is 0 Å². The fourth-order valence-corrected chi connectivity index (χ4v) is 3.21. The molecule has 106 valence electrons. The Morgan fingerprint density at radius 1 is 1.05 bits per heavy atom. The van der Waals surface area contributed by atoms with Crippen LogP contribution in [0.15, 0.2) is 0 Å². The van der Waals surface area contributed by atoms with Gasteiger partial charge in [0.2, 0.25) is 0 Å². The lowest BCUT2D eigenvalue weighted by Crippen LogP contribution is -2.35. The van der Waals surface area contributed by atoms with Gasteiger partial charge in [-0.15, -0.1) is 11.8 Å². The first-order valence-electron chi connectivity index (χ1n) is 5.37. The second-order valence-electron chi connectivity index (χ2n) is 3.75. The highest BCUT2D eigenvalue weighted by Gasteiger charge is 2.52. The molecule has 1 heterocycles. The number of hydrogen-bond donors (Lipinski definition) is 0. The summed E-state index contributed by atoms with van der Waals surface area (Å²) in [5.74, 6) is -3.84. The van der Waals surface area contributed by atoms with Crippen LogP contribution in [0.1, 0.15) is 6.42 Å². The van der Waals surface area contributed by atoms with Crippen LogP contribution >= 0.6 is 11.8 Å². The van der Waals surface area contributed by atoms with E-state index in [4.69, 9.17) is 0 Å². The summed E-state index contributed by atoms with van der Waals surface area (Å²) in [6, 6.07) is 0. The Balaban J connectivity index is 2.92. The Kier molecular flexibility index (Phi) is 5.34. The van der Waals surface area contributed by atoms with Crippen molar-refractivity contribution in [2.75, 3.05) is 21.3 Å². The van der Waals surface area contributed by atoms with Crippen molar-refractivity contribution in [1.29, 1.82) is 0 Å². The zero-order chi connectivity index (χ0) is 14.6. The van der Waals surface area contributed by atoms with Crippen LogP contribution in [0.3, 0.4) is 0 Å². The van der Waals surface area contributed by atoms with Gasteiger partial charge in [0.15, 0.2) is 5.78 Å². The molecule has 3 unspecified atom stereocenters. The van der Waals surface area contributed by atoms with Crippen molar-refractivity contribution < 1.29 is 33.4 Å². The third kappa shape index (κ3) is 3.25. The van der Waals surface area contributed by atoms with Crippen LogP contribution in [-0.4, -0.2) is 55.5 Å². The SMILES string of the molecule is COC(=O)CC1SC(C(=O)OC)C(C(=O)OC)C1=O. The maximum atomic E-state index is 12.1. The molecule has 1 fully saturated rings. The number of methoxy groups -OCH3 is 3. The summed E-state index contributed by atoms with van der Waals surface area (Å²) >= 11 is 0.921. The van der Waals surface area contributed by atoms with Crippen LogP contribution in [-0.2, 0) is 33.4 Å². The summed E-state index contributed by atoms with van der Waals surface area (Å²) in [5, 5.41) is -1.79. The molecular formula is C11H14O7S. The molecule has 0 radical (unpaired) electrons. The van der Waals surface area contributed by atoms with E-state index in [1.165, 1.54) is 7.11 Å². The summed E-state index contributed by atoms with van der Waals surface area (Å²) in [7, 11) is 3.49. The Hall–Kier alpha value is -1.57. The van der Waals surface area contributed by atoms with Crippen LogP contribution < -0.4 is 0 Å². The predicted molar refractivity (Wildman–Crippen MR) is 64.3 cm³/mol. The normalized spacial score (nSPS) is 25.8. The monoisotopic (exact) mass is 290 g/mol. The van der Waals surface area contributed by atoms with E-state index in [2.05, 4.69) is 14.2 Å². The second-order valence-corrected chi connectivity index (χ2v) is 5.10. The molecule has 0 amide bonds. The number of hydrogen-bond acceptors (Lipinski definition) is 8. The highest BCUT2D eigenvalue weighted by molar-refractivity contribution is 8.02. The molecule has 1 saturated heterocycles. The lowest BCUT2D eigenvalue weighted by Gasteiger charge is -2.12. The van der Waals surface area contributed by atoms with Gasteiger partial charge in [-0.3, -0.25) is 19.2 Å². The fraction of sp³-hybridized carbons (Fsp3) is 0.636. The molecule has 19 heavy (non-hydrogen) atoms. The lowest BCUT2D eigenvalue weighted by atomic mass is 9.97. The van der Waals surface area contributed by atoms with E-state index in [0.717, 1.165) is 26.0 Å². The fourth-order valence-electron chi connectivity index (χ4n) is 1.73. The lowest BCUT2D eigenvalue weighted by molar-refractivity contribution is -0.154. The third-order valence-corrected chi connectivity index (χ3v) is 4.19. The molecule has 0 saturated carbocycles. The maximum absolute atomic E-state index is 12.1. The smallest absolute Gasteiger partial charge is 0.320 e. The van der Waals surface area contributed by atoms with E-state index >= 15 is 0 Å². The number of carbonyl (C=O) groups excluding carboxylic acids is 4. The van der Waals surface area contributed by atoms with Gasteiger partial charge in [-0.05, 0) is 0 Å². The molecule has 3 atom stereocenters. The number of ketones is 1. The van der Waals surface area contributed by atoms with Crippen molar-refractivity contribution in [3.8, 4) is 0 Å². The van der Waals surface area contributed by atoms with Gasteiger partial charge >= 0.3 is 17.9 Å². The molecule has 0 spiro atoms. The van der Waals surface area contributed by atoms with Crippen molar-refractivity contribution in [2.45, 2.75) is 16.9 Å². The molecular weight excluding hydrogens is 276 g/mol. The van der Waals surface area contributed by atoms with Crippen molar-refractivity contribution in [1.82, 2.24) is 0 Å². The minimum Gasteiger partial charge on any atom is -0.469 e. The van der Waals surface area contributed by atoms with Gasteiger partial charge in [-0.1, -0.05) is 0 Å². The van der Waals surface area contributed by atoms with Crippen molar-refractivity contribution in [3.05, 3.63) is 0 Å². The van der Waals surface area contributed by atoms with Crippen LogP contribution in [0.25, 0.3) is 0 Å². The first kappa shape index (κ1) is 15.5. The first-order valence-corrected chi connectivity index (χ1v) is 6.32. The molecule has 7 nitrogen and oxygen atoms in total. The Morgan fingerprint density at radius 3 is 2.11 bits per heavy atom. The van der Waals surface area contributed by atoms with E-state index in [-0.39, 0.29) is 6.42 Å². The number of esters is 3.